The van der Waals surface area contributed by atoms with Crippen LogP contribution < -0.4 is 14.7 Å². The first-order valence-corrected chi connectivity index (χ1v) is 13.8. The van der Waals surface area contributed by atoms with Gasteiger partial charge in [0.2, 0.25) is 0 Å². The Bertz CT molecular complexity index is 1200. The van der Waals surface area contributed by atoms with Gasteiger partial charge in [0, 0.05) is 82.5 Å². The minimum Gasteiger partial charge on any atom is -0.478 e. The molecule has 2 aromatic carbocycles. The highest BCUT2D eigenvalue weighted by atomic mass is 19.1. The minimum absolute atomic E-state index is 0.122. The fourth-order valence-corrected chi connectivity index (χ4v) is 5.37. The molecule has 0 spiro atoms. The summed E-state index contributed by atoms with van der Waals surface area (Å²) in [6.45, 7) is 9.46. The topological polar surface area (TPSA) is 70.6 Å². The van der Waals surface area contributed by atoms with Crippen molar-refractivity contribution in [2.45, 2.75) is 32.4 Å². The van der Waals surface area contributed by atoms with E-state index in [-0.39, 0.29) is 17.4 Å². The number of Topliss-reactive ketones (excluding diaryl/α,β-unsaturated/α-hetero) is 1. The smallest absolute Gasteiger partial charge is 0.340 e. The highest BCUT2D eigenvalue weighted by Gasteiger charge is 2.31. The zero-order chi connectivity index (χ0) is 27.5. The Kier molecular flexibility index (Phi) is 8.18. The van der Waals surface area contributed by atoms with Gasteiger partial charge in [-0.1, -0.05) is 12.1 Å². The van der Waals surface area contributed by atoms with Crippen LogP contribution in [0.2, 0.25) is 0 Å². The summed E-state index contributed by atoms with van der Waals surface area (Å²) in [6.07, 6.45) is 3.22. The summed E-state index contributed by atoms with van der Waals surface area (Å²) in [5.74, 6) is -2.04. The second-order valence-electron chi connectivity index (χ2n) is 10.9. The van der Waals surface area contributed by atoms with Crippen molar-refractivity contribution in [1.82, 2.24) is 9.80 Å². The van der Waals surface area contributed by atoms with E-state index >= 15 is 0 Å². The standard InChI is InChI=1S/C30H38FN5O3/c1-22(37)27(30(38)39)21-36(25-7-8-25)26-9-10-28(31)29(19-26)35-17-13-33(14-18-35)20-23-3-5-24(6-4-23)34-15-11-32(2)12-16-34/h3-6,9-10,19,21,25H,7-8,11-18,20H2,1-2H3,(H,38,39)/b27-21+. The molecule has 8 nitrogen and oxygen atoms in total. The zero-order valence-electron chi connectivity index (χ0n) is 22.9. The van der Waals surface area contributed by atoms with Gasteiger partial charge in [0.15, 0.2) is 5.78 Å². The van der Waals surface area contributed by atoms with Crippen LogP contribution in [0.5, 0.6) is 0 Å². The molecule has 39 heavy (non-hydrogen) atoms. The van der Waals surface area contributed by atoms with Gasteiger partial charge in [0.25, 0.3) is 0 Å². The lowest BCUT2D eigenvalue weighted by molar-refractivity contribution is -0.134. The number of likely N-dealkylation sites (N-methyl/N-ethyl adjacent to an activating group) is 1. The molecule has 5 rings (SSSR count). The molecule has 1 aliphatic carbocycles. The van der Waals surface area contributed by atoms with Crippen LogP contribution >= 0.6 is 0 Å². The van der Waals surface area contributed by atoms with Gasteiger partial charge < -0.3 is 24.7 Å². The number of carboxylic acids is 1. The largest absolute Gasteiger partial charge is 0.478 e. The predicted molar refractivity (Wildman–Crippen MR) is 152 cm³/mol. The number of anilines is 3. The normalized spacial score (nSPS) is 19.3. The summed E-state index contributed by atoms with van der Waals surface area (Å²) in [5.41, 5.74) is 3.51. The van der Waals surface area contributed by atoms with Gasteiger partial charge in [-0.2, -0.15) is 0 Å². The third-order valence-electron chi connectivity index (χ3n) is 7.97. The Morgan fingerprint density at radius 2 is 1.59 bits per heavy atom. The van der Waals surface area contributed by atoms with E-state index in [0.29, 0.717) is 24.5 Å². The van der Waals surface area contributed by atoms with E-state index in [1.807, 2.05) is 4.90 Å². The summed E-state index contributed by atoms with van der Waals surface area (Å²) >= 11 is 0. The maximum atomic E-state index is 15.0. The van der Waals surface area contributed by atoms with E-state index < -0.39 is 11.8 Å². The molecule has 9 heteroatoms. The number of carbonyl (C=O) groups excluding carboxylic acids is 1. The Hall–Kier alpha value is -3.43. The van der Waals surface area contributed by atoms with Crippen LogP contribution in [0, 0.1) is 5.82 Å². The number of rotatable bonds is 9. The number of halogens is 1. The molecule has 208 valence electrons. The molecule has 3 aliphatic rings. The minimum atomic E-state index is -1.25. The molecule has 0 atom stereocenters. The van der Waals surface area contributed by atoms with Crippen molar-refractivity contribution in [1.29, 1.82) is 0 Å². The Balaban J connectivity index is 1.22. The maximum absolute atomic E-state index is 15.0. The number of ketones is 1. The number of carboxylic acid groups (broad SMARTS) is 1. The first kappa shape index (κ1) is 27.1. The van der Waals surface area contributed by atoms with E-state index in [4.69, 9.17) is 0 Å². The molecule has 2 heterocycles. The molecule has 0 bridgehead atoms. The molecule has 1 saturated carbocycles. The van der Waals surface area contributed by atoms with Gasteiger partial charge in [0.05, 0.1) is 5.69 Å². The van der Waals surface area contributed by atoms with Crippen molar-refractivity contribution >= 4 is 28.8 Å². The molecular weight excluding hydrogens is 497 g/mol. The highest BCUT2D eigenvalue weighted by molar-refractivity contribution is 6.15. The van der Waals surface area contributed by atoms with Crippen LogP contribution in [0.25, 0.3) is 0 Å². The Morgan fingerprint density at radius 3 is 2.18 bits per heavy atom. The van der Waals surface area contributed by atoms with Gasteiger partial charge in [-0.15, -0.1) is 0 Å². The summed E-state index contributed by atoms with van der Waals surface area (Å²) in [5, 5.41) is 9.46. The monoisotopic (exact) mass is 535 g/mol. The number of piperazine rings is 2. The molecule has 0 aromatic heterocycles. The van der Waals surface area contributed by atoms with Crippen molar-refractivity contribution in [3.63, 3.8) is 0 Å². The van der Waals surface area contributed by atoms with Gasteiger partial charge in [0.1, 0.15) is 11.4 Å². The molecule has 2 saturated heterocycles. The summed E-state index contributed by atoms with van der Waals surface area (Å²) in [7, 11) is 2.17. The number of hydrogen-bond acceptors (Lipinski definition) is 7. The molecular formula is C30H38FN5O3. The van der Waals surface area contributed by atoms with E-state index in [1.54, 1.807) is 12.1 Å². The Morgan fingerprint density at radius 1 is 0.949 bits per heavy atom. The molecule has 2 aliphatic heterocycles. The first-order chi connectivity index (χ1) is 18.8. The number of benzene rings is 2. The predicted octanol–water partition coefficient (Wildman–Crippen LogP) is 3.43. The van der Waals surface area contributed by atoms with E-state index in [0.717, 1.165) is 58.7 Å². The fourth-order valence-electron chi connectivity index (χ4n) is 5.37. The van der Waals surface area contributed by atoms with Crippen LogP contribution in [0.15, 0.2) is 54.2 Å². The van der Waals surface area contributed by atoms with E-state index in [2.05, 4.69) is 50.9 Å². The van der Waals surface area contributed by atoms with Crippen molar-refractivity contribution < 1.29 is 19.1 Å². The van der Waals surface area contributed by atoms with Gasteiger partial charge >= 0.3 is 5.97 Å². The SMILES string of the molecule is CC(=O)/C(=C\N(c1ccc(F)c(N2CCN(Cc3ccc(N4CCN(C)CC4)cc3)CC2)c1)C1CC1)C(=O)O. The second-order valence-corrected chi connectivity index (χ2v) is 10.9. The molecule has 1 N–H and O–H groups in total. The molecule has 0 radical (unpaired) electrons. The number of nitrogens with zero attached hydrogens (tertiary/aromatic N) is 5. The van der Waals surface area contributed by atoms with Crippen molar-refractivity contribution in [2.75, 3.05) is 74.1 Å². The van der Waals surface area contributed by atoms with Crippen LogP contribution in [0.3, 0.4) is 0 Å². The van der Waals surface area contributed by atoms with Crippen molar-refractivity contribution in [3.05, 3.63) is 65.6 Å². The number of carbonyl (C=O) groups is 2. The Labute approximate surface area is 229 Å². The van der Waals surface area contributed by atoms with Gasteiger partial charge in [-0.25, -0.2) is 9.18 Å². The quantitative estimate of drug-likeness (QED) is 0.298. The molecule has 0 unspecified atom stereocenters. The van der Waals surface area contributed by atoms with Crippen molar-refractivity contribution in [2.24, 2.45) is 0 Å². The zero-order valence-corrected chi connectivity index (χ0v) is 22.9. The van der Waals surface area contributed by atoms with Crippen molar-refractivity contribution in [3.8, 4) is 0 Å². The number of aliphatic carboxylic acids is 1. The lowest BCUT2D eigenvalue weighted by atomic mass is 10.1. The lowest BCUT2D eigenvalue weighted by Crippen LogP contribution is -2.46. The van der Waals surface area contributed by atoms with E-state index in [9.17, 15) is 19.1 Å². The molecule has 3 fully saturated rings. The lowest BCUT2D eigenvalue weighted by Gasteiger charge is -2.37. The maximum Gasteiger partial charge on any atom is 0.340 e. The first-order valence-electron chi connectivity index (χ1n) is 13.8. The molecule has 0 amide bonds. The van der Waals surface area contributed by atoms with Gasteiger partial charge in [-0.3, -0.25) is 9.69 Å². The second kappa shape index (κ2) is 11.8. The van der Waals surface area contributed by atoms with E-state index in [1.165, 1.54) is 30.4 Å². The number of hydrogen-bond donors (Lipinski definition) is 1. The van der Waals surface area contributed by atoms with Gasteiger partial charge in [-0.05, 0) is 62.7 Å². The van der Waals surface area contributed by atoms with Crippen LogP contribution in [-0.4, -0.2) is 92.1 Å². The van der Waals surface area contributed by atoms with Crippen LogP contribution in [-0.2, 0) is 16.1 Å². The third-order valence-corrected chi connectivity index (χ3v) is 7.97. The average molecular weight is 536 g/mol. The van der Waals surface area contributed by atoms with Crippen LogP contribution in [0.4, 0.5) is 21.5 Å². The fraction of sp³-hybridized carbons (Fsp3) is 0.467. The highest BCUT2D eigenvalue weighted by Crippen LogP contribution is 2.35. The molecule has 2 aromatic rings. The summed E-state index contributed by atoms with van der Waals surface area (Å²) < 4.78 is 15.0. The third kappa shape index (κ3) is 6.59. The average Bonchev–Trinajstić information content (AvgIpc) is 3.76. The summed E-state index contributed by atoms with van der Waals surface area (Å²) in [4.78, 5) is 34.5. The summed E-state index contributed by atoms with van der Waals surface area (Å²) in [6, 6.07) is 13.9. The van der Waals surface area contributed by atoms with Crippen LogP contribution in [0.1, 0.15) is 25.3 Å².